The topological polar surface area (TPSA) is 85.1 Å². The number of nitrogens with zero attached hydrogens (tertiary/aromatic N) is 1. The molecule has 7 nitrogen and oxygen atoms in total. The van der Waals surface area contributed by atoms with E-state index in [4.69, 9.17) is 29.4 Å². The van der Waals surface area contributed by atoms with Gasteiger partial charge in [0, 0.05) is 26.0 Å². The Kier molecular flexibility index (Phi) is 7.27. The van der Waals surface area contributed by atoms with Gasteiger partial charge in [0.2, 0.25) is 0 Å². The molecule has 0 bridgehead atoms. The summed E-state index contributed by atoms with van der Waals surface area (Å²) in [6, 6.07) is 9.15. The minimum absolute atomic E-state index is 0.121. The van der Waals surface area contributed by atoms with Gasteiger partial charge in [-0.3, -0.25) is 4.98 Å². The van der Waals surface area contributed by atoms with Crippen LogP contribution in [0.4, 0.5) is 5.69 Å². The highest BCUT2D eigenvalue weighted by molar-refractivity contribution is 5.56. The van der Waals surface area contributed by atoms with E-state index >= 15 is 0 Å². The fourth-order valence-corrected chi connectivity index (χ4v) is 2.67. The van der Waals surface area contributed by atoms with Gasteiger partial charge in [-0.15, -0.1) is 0 Å². The van der Waals surface area contributed by atoms with Crippen molar-refractivity contribution in [1.29, 1.82) is 0 Å². The van der Waals surface area contributed by atoms with Crippen molar-refractivity contribution in [1.82, 2.24) is 4.98 Å². The Morgan fingerprint density at radius 3 is 2.67 bits per heavy atom. The van der Waals surface area contributed by atoms with Crippen molar-refractivity contribution < 1.29 is 23.7 Å². The second-order valence-corrected chi connectivity index (χ2v) is 6.26. The third-order valence-electron chi connectivity index (χ3n) is 4.16. The molecule has 1 aromatic heterocycles. The number of hydrogen-bond donors (Lipinski definition) is 1. The number of benzene rings is 1. The van der Waals surface area contributed by atoms with Crippen LogP contribution >= 0.6 is 0 Å². The van der Waals surface area contributed by atoms with Crippen LogP contribution < -0.4 is 15.2 Å². The van der Waals surface area contributed by atoms with E-state index in [-0.39, 0.29) is 6.10 Å². The lowest BCUT2D eigenvalue weighted by atomic mass is 10.1. The largest absolute Gasteiger partial charge is 0.488 e. The molecule has 0 radical (unpaired) electrons. The highest BCUT2D eigenvalue weighted by atomic mass is 16.5. The molecule has 3 rings (SSSR count). The maximum atomic E-state index is 6.04. The van der Waals surface area contributed by atoms with Crippen molar-refractivity contribution in [2.45, 2.75) is 25.6 Å². The number of nitrogens with two attached hydrogens (primary N) is 1. The Bertz CT molecular complexity index is 702. The van der Waals surface area contributed by atoms with Crippen molar-refractivity contribution in [3.8, 4) is 17.2 Å². The summed E-state index contributed by atoms with van der Waals surface area (Å²) in [6.45, 7) is 2.98. The quantitative estimate of drug-likeness (QED) is 0.533. The first-order chi connectivity index (χ1) is 13.2. The van der Waals surface area contributed by atoms with Gasteiger partial charge in [-0.2, -0.15) is 0 Å². The molecular formula is C20H26N2O5. The zero-order valence-electron chi connectivity index (χ0n) is 15.6. The predicted molar refractivity (Wildman–Crippen MR) is 101 cm³/mol. The number of pyridine rings is 1. The van der Waals surface area contributed by atoms with Gasteiger partial charge in [0.05, 0.1) is 50.6 Å². The van der Waals surface area contributed by atoms with Crippen LogP contribution in [-0.2, 0) is 20.8 Å². The molecule has 2 N–H and O–H groups in total. The lowest BCUT2D eigenvalue weighted by Gasteiger charge is -2.24. The minimum atomic E-state index is 0.121. The normalized spacial score (nSPS) is 14.9. The summed E-state index contributed by atoms with van der Waals surface area (Å²) in [5, 5.41) is 0. The monoisotopic (exact) mass is 374 g/mol. The lowest BCUT2D eigenvalue weighted by Crippen LogP contribution is -2.26. The van der Waals surface area contributed by atoms with E-state index in [9.17, 15) is 0 Å². The van der Waals surface area contributed by atoms with E-state index in [1.807, 2.05) is 24.3 Å². The smallest absolute Gasteiger partial charge is 0.146 e. The number of rotatable bonds is 9. The van der Waals surface area contributed by atoms with Crippen LogP contribution in [0.3, 0.4) is 0 Å². The van der Waals surface area contributed by atoms with E-state index in [1.165, 1.54) is 0 Å². The van der Waals surface area contributed by atoms with Crippen molar-refractivity contribution in [3.05, 3.63) is 42.2 Å². The summed E-state index contributed by atoms with van der Waals surface area (Å²) in [4.78, 5) is 4.35. The number of ether oxygens (including phenoxy) is 5. The Balaban J connectivity index is 1.57. The maximum Gasteiger partial charge on any atom is 0.146 e. The first-order valence-corrected chi connectivity index (χ1v) is 9.08. The van der Waals surface area contributed by atoms with Gasteiger partial charge in [-0.25, -0.2) is 0 Å². The average Bonchev–Trinajstić information content (AvgIpc) is 2.70. The third-order valence-corrected chi connectivity index (χ3v) is 4.16. The fraction of sp³-hybridized carbons (Fsp3) is 0.450. The Morgan fingerprint density at radius 2 is 1.93 bits per heavy atom. The number of hydrogen-bond acceptors (Lipinski definition) is 7. The summed E-state index contributed by atoms with van der Waals surface area (Å²) in [5.41, 5.74) is 7.47. The molecule has 146 valence electrons. The van der Waals surface area contributed by atoms with Crippen LogP contribution in [0.25, 0.3) is 0 Å². The SMILES string of the molecule is COCCOCc1ccc(Oc2ccc(N)c(OC3CCOCC3)c2)cn1. The van der Waals surface area contributed by atoms with Crippen LogP contribution in [0.2, 0.25) is 0 Å². The van der Waals surface area contributed by atoms with Crippen molar-refractivity contribution in [2.75, 3.05) is 39.3 Å². The second kappa shape index (κ2) is 10.1. The lowest BCUT2D eigenvalue weighted by molar-refractivity contribution is 0.0258. The molecule has 0 atom stereocenters. The Morgan fingerprint density at radius 1 is 1.11 bits per heavy atom. The van der Waals surface area contributed by atoms with Gasteiger partial charge in [0.15, 0.2) is 0 Å². The first kappa shape index (κ1) is 19.4. The van der Waals surface area contributed by atoms with Gasteiger partial charge in [0.1, 0.15) is 23.4 Å². The predicted octanol–water partition coefficient (Wildman–Crippen LogP) is 3.18. The third kappa shape index (κ3) is 6.09. The van der Waals surface area contributed by atoms with Gasteiger partial charge in [-0.1, -0.05) is 0 Å². The molecule has 0 spiro atoms. The molecule has 1 aliphatic heterocycles. The molecule has 0 amide bonds. The van der Waals surface area contributed by atoms with Gasteiger partial charge >= 0.3 is 0 Å². The van der Waals surface area contributed by atoms with Crippen LogP contribution in [0, 0.1) is 0 Å². The summed E-state index contributed by atoms with van der Waals surface area (Å²) in [7, 11) is 1.64. The zero-order chi connectivity index (χ0) is 18.9. The Labute approximate surface area is 159 Å². The van der Waals surface area contributed by atoms with Crippen molar-refractivity contribution >= 4 is 5.69 Å². The average molecular weight is 374 g/mol. The van der Waals surface area contributed by atoms with Gasteiger partial charge < -0.3 is 29.4 Å². The molecule has 0 unspecified atom stereocenters. The van der Waals surface area contributed by atoms with E-state index in [0.717, 1.165) is 18.5 Å². The molecule has 0 saturated carbocycles. The minimum Gasteiger partial charge on any atom is -0.488 e. The van der Waals surface area contributed by atoms with Gasteiger partial charge in [0.25, 0.3) is 0 Å². The van der Waals surface area contributed by atoms with Crippen LogP contribution in [0.5, 0.6) is 17.2 Å². The van der Waals surface area contributed by atoms with Gasteiger partial charge in [-0.05, 0) is 24.3 Å². The molecule has 1 aliphatic rings. The molecule has 1 aromatic carbocycles. The van der Waals surface area contributed by atoms with Crippen LogP contribution in [-0.4, -0.2) is 44.6 Å². The molecule has 0 aliphatic carbocycles. The number of anilines is 1. The highest BCUT2D eigenvalue weighted by Crippen LogP contribution is 2.31. The van der Waals surface area contributed by atoms with Crippen LogP contribution in [0.1, 0.15) is 18.5 Å². The molecule has 1 fully saturated rings. The summed E-state index contributed by atoms with van der Waals surface area (Å²) < 4.78 is 27.6. The fourth-order valence-electron chi connectivity index (χ4n) is 2.67. The number of aromatic nitrogens is 1. The molecule has 2 aromatic rings. The summed E-state index contributed by atoms with van der Waals surface area (Å²) in [6.07, 6.45) is 3.52. The van der Waals surface area contributed by atoms with E-state index < -0.39 is 0 Å². The summed E-state index contributed by atoms with van der Waals surface area (Å²) in [5.74, 6) is 1.92. The van der Waals surface area contributed by atoms with E-state index in [1.54, 1.807) is 19.4 Å². The van der Waals surface area contributed by atoms with E-state index in [2.05, 4.69) is 4.98 Å². The molecule has 27 heavy (non-hydrogen) atoms. The number of methoxy groups -OCH3 is 1. The highest BCUT2D eigenvalue weighted by Gasteiger charge is 2.17. The molecule has 2 heterocycles. The second-order valence-electron chi connectivity index (χ2n) is 6.26. The maximum absolute atomic E-state index is 6.04. The van der Waals surface area contributed by atoms with Crippen molar-refractivity contribution in [3.63, 3.8) is 0 Å². The van der Waals surface area contributed by atoms with E-state index in [0.29, 0.717) is 56.0 Å². The molecule has 1 saturated heterocycles. The number of nitrogen functional groups attached to an aromatic ring is 1. The molecular weight excluding hydrogens is 348 g/mol. The Hall–Kier alpha value is -2.35. The first-order valence-electron chi connectivity index (χ1n) is 9.08. The zero-order valence-corrected chi connectivity index (χ0v) is 15.6. The standard InChI is InChI=1S/C20H26N2O5/c1-23-10-11-25-14-15-2-3-18(13-22-15)26-17-4-5-19(21)20(12-17)27-16-6-8-24-9-7-16/h2-5,12-13,16H,6-11,14,21H2,1H3. The molecule has 7 heteroatoms. The summed E-state index contributed by atoms with van der Waals surface area (Å²) >= 11 is 0. The van der Waals surface area contributed by atoms with Crippen molar-refractivity contribution in [2.24, 2.45) is 0 Å². The van der Waals surface area contributed by atoms with Crippen LogP contribution in [0.15, 0.2) is 36.5 Å².